The molecule has 1 amide bonds. The third-order valence-corrected chi connectivity index (χ3v) is 4.76. The summed E-state index contributed by atoms with van der Waals surface area (Å²) in [5, 5.41) is 2.72. The van der Waals surface area contributed by atoms with Crippen molar-refractivity contribution in [1.29, 1.82) is 0 Å². The molecule has 0 spiro atoms. The van der Waals surface area contributed by atoms with Gasteiger partial charge in [-0.15, -0.1) is 0 Å². The number of alkyl carbamates (subject to hydrolysis) is 1. The van der Waals surface area contributed by atoms with Gasteiger partial charge in [0.25, 0.3) is 0 Å². The molecule has 5 nitrogen and oxygen atoms in total. The molecule has 0 aromatic heterocycles. The highest BCUT2D eigenvalue weighted by Crippen LogP contribution is 2.10. The molecule has 7 heteroatoms. The Labute approximate surface area is 152 Å². The van der Waals surface area contributed by atoms with E-state index in [-0.39, 0.29) is 24.8 Å². The summed E-state index contributed by atoms with van der Waals surface area (Å²) in [5.74, 6) is -0.217. The fraction of sp³-hybridized carbons (Fsp3) is 0.278. The minimum atomic E-state index is -3.62. The minimum absolute atomic E-state index is 0.151. The summed E-state index contributed by atoms with van der Waals surface area (Å²) in [7, 11) is 1.66. The zero-order chi connectivity index (χ0) is 18.1. The van der Waals surface area contributed by atoms with Gasteiger partial charge in [-0.1, -0.05) is 60.7 Å². The number of hydrogen-bond donors (Lipinski definition) is 1. The van der Waals surface area contributed by atoms with Crippen molar-refractivity contribution in [2.45, 2.75) is 25.5 Å². The number of rotatable bonds is 8. The maximum Gasteiger partial charge on any atom is 0.407 e. The molecule has 1 atom stereocenters. The fourth-order valence-corrected chi connectivity index (χ4v) is 3.17. The number of carbonyl (C=O) groups is 1. The molecule has 2 rings (SSSR count). The Bertz CT molecular complexity index is 766. The Morgan fingerprint density at radius 3 is 2.12 bits per heavy atom. The minimum Gasteiger partial charge on any atom is -0.445 e. The molecule has 134 valence electrons. The van der Waals surface area contributed by atoms with E-state index in [1.54, 1.807) is 0 Å². The molecule has 0 saturated heterocycles. The van der Waals surface area contributed by atoms with Crippen molar-refractivity contribution < 1.29 is 17.9 Å². The third kappa shape index (κ3) is 8.05. The van der Waals surface area contributed by atoms with Crippen LogP contribution in [0.25, 0.3) is 0 Å². The van der Waals surface area contributed by atoms with Crippen molar-refractivity contribution in [2.75, 3.05) is 5.75 Å². The van der Waals surface area contributed by atoms with Crippen molar-refractivity contribution in [1.82, 2.24) is 5.32 Å². The lowest BCUT2D eigenvalue weighted by molar-refractivity contribution is 0.135. The SMILES string of the molecule is O=C(N[C@H](CCS(=O)(=O)Cl)Cc1ccccc1)OCc1ccccc1. The molecular formula is C18H20ClNO4S. The van der Waals surface area contributed by atoms with Crippen LogP contribution in [-0.4, -0.2) is 26.3 Å². The lowest BCUT2D eigenvalue weighted by Crippen LogP contribution is -2.37. The number of halogens is 1. The van der Waals surface area contributed by atoms with Crippen LogP contribution in [-0.2, 0) is 26.8 Å². The first-order valence-electron chi connectivity index (χ1n) is 7.86. The van der Waals surface area contributed by atoms with Gasteiger partial charge in [0.15, 0.2) is 0 Å². The largest absolute Gasteiger partial charge is 0.445 e. The predicted molar refractivity (Wildman–Crippen MR) is 98.0 cm³/mol. The van der Waals surface area contributed by atoms with Crippen LogP contribution in [0.1, 0.15) is 17.5 Å². The highest BCUT2D eigenvalue weighted by molar-refractivity contribution is 8.13. The Morgan fingerprint density at radius 1 is 1.00 bits per heavy atom. The maximum absolute atomic E-state index is 12.0. The number of carbonyl (C=O) groups excluding carboxylic acids is 1. The lowest BCUT2D eigenvalue weighted by atomic mass is 10.0. The lowest BCUT2D eigenvalue weighted by Gasteiger charge is -2.18. The second-order valence-corrected chi connectivity index (χ2v) is 8.52. The summed E-state index contributed by atoms with van der Waals surface area (Å²) in [4.78, 5) is 12.0. The highest BCUT2D eigenvalue weighted by Gasteiger charge is 2.17. The van der Waals surface area contributed by atoms with Crippen molar-refractivity contribution >= 4 is 25.8 Å². The van der Waals surface area contributed by atoms with Crippen molar-refractivity contribution in [3.8, 4) is 0 Å². The van der Waals surface area contributed by atoms with Crippen LogP contribution in [0.3, 0.4) is 0 Å². The van der Waals surface area contributed by atoms with Crippen LogP contribution >= 0.6 is 10.7 Å². The first-order valence-corrected chi connectivity index (χ1v) is 10.3. The van der Waals surface area contributed by atoms with E-state index in [0.29, 0.717) is 6.42 Å². The molecule has 0 aliphatic heterocycles. The molecule has 1 N–H and O–H groups in total. The normalized spacial score (nSPS) is 12.4. The van der Waals surface area contributed by atoms with Gasteiger partial charge in [-0.25, -0.2) is 13.2 Å². The quantitative estimate of drug-likeness (QED) is 0.710. The Balaban J connectivity index is 1.92. The second kappa shape index (κ2) is 9.44. The van der Waals surface area contributed by atoms with Gasteiger partial charge in [-0.05, 0) is 24.0 Å². The zero-order valence-electron chi connectivity index (χ0n) is 13.6. The van der Waals surface area contributed by atoms with Gasteiger partial charge in [-0.2, -0.15) is 0 Å². The summed E-state index contributed by atoms with van der Waals surface area (Å²) in [6.07, 6.45) is 0.117. The van der Waals surface area contributed by atoms with Gasteiger partial charge >= 0.3 is 6.09 Å². The molecule has 2 aromatic carbocycles. The summed E-state index contributed by atoms with van der Waals surface area (Å²) in [6.45, 7) is 0.151. The predicted octanol–water partition coefficient (Wildman–Crippen LogP) is 3.48. The van der Waals surface area contributed by atoms with Gasteiger partial charge in [0, 0.05) is 16.7 Å². The molecule has 0 fully saturated rings. The smallest absolute Gasteiger partial charge is 0.407 e. The first kappa shape index (κ1) is 19.3. The second-order valence-electron chi connectivity index (χ2n) is 5.62. The monoisotopic (exact) mass is 381 g/mol. The van der Waals surface area contributed by atoms with Crippen molar-refractivity contribution in [3.63, 3.8) is 0 Å². The fourth-order valence-electron chi connectivity index (χ4n) is 2.34. The summed E-state index contributed by atoms with van der Waals surface area (Å²) in [6, 6.07) is 18.4. The first-order chi connectivity index (χ1) is 11.9. The van der Waals surface area contributed by atoms with Crippen LogP contribution in [0.4, 0.5) is 4.79 Å². The molecule has 0 aliphatic carbocycles. The van der Waals surface area contributed by atoms with Crippen LogP contribution < -0.4 is 5.32 Å². The van der Waals surface area contributed by atoms with E-state index in [4.69, 9.17) is 15.4 Å². The summed E-state index contributed by atoms with van der Waals surface area (Å²) in [5.41, 5.74) is 1.86. The topological polar surface area (TPSA) is 72.5 Å². The number of nitrogens with one attached hydrogen (secondary N) is 1. The van der Waals surface area contributed by atoms with Crippen LogP contribution in [0.5, 0.6) is 0 Å². The Kier molecular flexibility index (Phi) is 7.28. The number of amides is 1. The molecule has 0 bridgehead atoms. The average molecular weight is 382 g/mol. The van der Waals surface area contributed by atoms with Gasteiger partial charge in [0.1, 0.15) is 6.61 Å². The van der Waals surface area contributed by atoms with Crippen molar-refractivity contribution in [3.05, 3.63) is 71.8 Å². The summed E-state index contributed by atoms with van der Waals surface area (Å²) < 4.78 is 27.6. The third-order valence-electron chi connectivity index (χ3n) is 3.57. The number of benzene rings is 2. The maximum atomic E-state index is 12.0. The molecule has 25 heavy (non-hydrogen) atoms. The summed E-state index contributed by atoms with van der Waals surface area (Å²) >= 11 is 0. The van der Waals surface area contributed by atoms with E-state index in [1.807, 2.05) is 60.7 Å². The van der Waals surface area contributed by atoms with E-state index >= 15 is 0 Å². The van der Waals surface area contributed by atoms with Gasteiger partial charge in [0.05, 0.1) is 5.75 Å². The van der Waals surface area contributed by atoms with E-state index in [2.05, 4.69) is 5.32 Å². The molecule has 0 aliphatic rings. The average Bonchev–Trinajstić information content (AvgIpc) is 2.59. The van der Waals surface area contributed by atoms with E-state index in [1.165, 1.54) is 0 Å². The van der Waals surface area contributed by atoms with E-state index in [0.717, 1.165) is 11.1 Å². The number of ether oxygens (including phenoxy) is 1. The van der Waals surface area contributed by atoms with Crippen LogP contribution in [0.2, 0.25) is 0 Å². The van der Waals surface area contributed by atoms with E-state index in [9.17, 15) is 13.2 Å². The van der Waals surface area contributed by atoms with Gasteiger partial charge in [0.2, 0.25) is 9.05 Å². The van der Waals surface area contributed by atoms with E-state index < -0.39 is 15.1 Å². The van der Waals surface area contributed by atoms with Gasteiger partial charge < -0.3 is 10.1 Å². The molecule has 0 radical (unpaired) electrons. The molecule has 0 heterocycles. The molecule has 0 unspecified atom stereocenters. The highest BCUT2D eigenvalue weighted by atomic mass is 35.7. The molecule has 2 aromatic rings. The van der Waals surface area contributed by atoms with Gasteiger partial charge in [-0.3, -0.25) is 0 Å². The zero-order valence-corrected chi connectivity index (χ0v) is 15.2. The number of hydrogen-bond acceptors (Lipinski definition) is 4. The molecular weight excluding hydrogens is 362 g/mol. The molecule has 0 saturated carbocycles. The standard InChI is InChI=1S/C18H20ClNO4S/c19-25(22,23)12-11-17(13-15-7-3-1-4-8-15)20-18(21)24-14-16-9-5-2-6-10-16/h1-10,17H,11-14H2,(H,20,21)/t17-/m1/s1. The van der Waals surface area contributed by atoms with Crippen molar-refractivity contribution in [2.24, 2.45) is 0 Å². The Hall–Kier alpha value is -2.05. The van der Waals surface area contributed by atoms with Crippen LogP contribution in [0, 0.1) is 0 Å². The Morgan fingerprint density at radius 2 is 1.56 bits per heavy atom. The van der Waals surface area contributed by atoms with Crippen LogP contribution in [0.15, 0.2) is 60.7 Å².